The summed E-state index contributed by atoms with van der Waals surface area (Å²) >= 11 is 0. The van der Waals surface area contributed by atoms with Crippen LogP contribution in [0, 0.1) is 17.7 Å². The van der Waals surface area contributed by atoms with Crippen LogP contribution in [0.25, 0.3) is 0 Å². The molecule has 0 aromatic heterocycles. The maximum atomic E-state index is 13.1. The fraction of sp³-hybridized carbons (Fsp3) is 0.462. The first-order chi connectivity index (χ1) is 8.87. The van der Waals surface area contributed by atoms with Crippen molar-refractivity contribution in [1.29, 1.82) is 0 Å². The van der Waals surface area contributed by atoms with Crippen molar-refractivity contribution < 1.29 is 22.7 Å². The fourth-order valence-electron chi connectivity index (χ4n) is 2.56. The molecule has 1 fully saturated rings. The van der Waals surface area contributed by atoms with Gasteiger partial charge in [0.1, 0.15) is 5.82 Å². The van der Waals surface area contributed by atoms with Crippen molar-refractivity contribution in [2.45, 2.75) is 12.8 Å². The highest BCUT2D eigenvalue weighted by Crippen LogP contribution is 2.28. The van der Waals surface area contributed by atoms with Crippen LogP contribution < -0.4 is 0 Å². The molecule has 0 radical (unpaired) electrons. The predicted molar refractivity (Wildman–Crippen MR) is 68.0 cm³/mol. The third-order valence-corrected chi connectivity index (χ3v) is 5.27. The van der Waals surface area contributed by atoms with Crippen LogP contribution in [-0.4, -0.2) is 31.0 Å². The summed E-state index contributed by atoms with van der Waals surface area (Å²) < 4.78 is 36.3. The highest BCUT2D eigenvalue weighted by Gasteiger charge is 2.37. The SMILES string of the molecule is O=C(O)C1CCS(=O)(=O)CC1Cc1cccc(F)c1. The molecule has 19 heavy (non-hydrogen) atoms. The minimum absolute atomic E-state index is 0.0797. The molecule has 0 amide bonds. The summed E-state index contributed by atoms with van der Waals surface area (Å²) in [5.41, 5.74) is 0.633. The molecule has 4 nitrogen and oxygen atoms in total. The Bertz CT molecular complexity index is 582. The van der Waals surface area contributed by atoms with Gasteiger partial charge >= 0.3 is 5.97 Å². The second-order valence-corrected chi connectivity index (χ2v) is 7.17. The Morgan fingerprint density at radius 1 is 1.42 bits per heavy atom. The lowest BCUT2D eigenvalue weighted by molar-refractivity contribution is -0.143. The molecule has 1 saturated heterocycles. The largest absolute Gasteiger partial charge is 0.481 e. The highest BCUT2D eigenvalue weighted by atomic mass is 32.2. The lowest BCUT2D eigenvalue weighted by Gasteiger charge is -2.28. The molecule has 1 aromatic rings. The Labute approximate surface area is 111 Å². The van der Waals surface area contributed by atoms with E-state index < -0.39 is 33.5 Å². The molecule has 6 heteroatoms. The second kappa shape index (κ2) is 5.28. The van der Waals surface area contributed by atoms with E-state index in [9.17, 15) is 17.6 Å². The monoisotopic (exact) mass is 286 g/mol. The highest BCUT2D eigenvalue weighted by molar-refractivity contribution is 7.91. The zero-order valence-electron chi connectivity index (χ0n) is 10.3. The zero-order valence-corrected chi connectivity index (χ0v) is 11.1. The smallest absolute Gasteiger partial charge is 0.306 e. The van der Waals surface area contributed by atoms with E-state index in [1.54, 1.807) is 6.07 Å². The van der Waals surface area contributed by atoms with Gasteiger partial charge in [0, 0.05) is 0 Å². The average molecular weight is 286 g/mol. The van der Waals surface area contributed by atoms with E-state index in [4.69, 9.17) is 5.11 Å². The number of halogens is 1. The van der Waals surface area contributed by atoms with Gasteiger partial charge in [-0.2, -0.15) is 0 Å². The van der Waals surface area contributed by atoms with E-state index in [0.29, 0.717) is 5.56 Å². The van der Waals surface area contributed by atoms with E-state index in [1.165, 1.54) is 18.2 Å². The van der Waals surface area contributed by atoms with Crippen molar-refractivity contribution in [3.63, 3.8) is 0 Å². The number of carboxylic acids is 1. The molecule has 0 spiro atoms. The first kappa shape index (κ1) is 14.0. The van der Waals surface area contributed by atoms with Crippen molar-refractivity contribution in [1.82, 2.24) is 0 Å². The van der Waals surface area contributed by atoms with Crippen LogP contribution in [0.1, 0.15) is 12.0 Å². The third-order valence-electron chi connectivity index (χ3n) is 3.48. The summed E-state index contributed by atoms with van der Waals surface area (Å²) in [6.45, 7) is 0. The molecule has 1 aliphatic heterocycles. The number of hydrogen-bond donors (Lipinski definition) is 1. The van der Waals surface area contributed by atoms with Crippen LogP contribution in [0.15, 0.2) is 24.3 Å². The number of hydrogen-bond acceptors (Lipinski definition) is 3. The molecule has 1 N–H and O–H groups in total. The van der Waals surface area contributed by atoms with Gasteiger partial charge in [-0.3, -0.25) is 4.79 Å². The molecule has 2 atom stereocenters. The molecule has 1 aromatic carbocycles. The number of carboxylic acid groups (broad SMARTS) is 1. The van der Waals surface area contributed by atoms with Crippen LogP contribution in [0.3, 0.4) is 0 Å². The van der Waals surface area contributed by atoms with Gasteiger partial charge in [-0.15, -0.1) is 0 Å². The molecule has 0 saturated carbocycles. The summed E-state index contributed by atoms with van der Waals surface area (Å²) in [7, 11) is -3.19. The van der Waals surface area contributed by atoms with Gasteiger partial charge in [-0.25, -0.2) is 12.8 Å². The molecule has 1 heterocycles. The molecule has 0 aliphatic carbocycles. The quantitative estimate of drug-likeness (QED) is 0.914. The number of rotatable bonds is 3. The molecular weight excluding hydrogens is 271 g/mol. The molecule has 2 unspecified atom stereocenters. The first-order valence-electron chi connectivity index (χ1n) is 6.05. The van der Waals surface area contributed by atoms with Crippen molar-refractivity contribution in [3.8, 4) is 0 Å². The van der Waals surface area contributed by atoms with Crippen molar-refractivity contribution >= 4 is 15.8 Å². The number of sulfone groups is 1. The predicted octanol–water partition coefficient (Wildman–Crippen LogP) is 1.50. The number of aliphatic carboxylic acids is 1. The number of carbonyl (C=O) groups is 1. The normalized spacial score (nSPS) is 25.9. The van der Waals surface area contributed by atoms with Crippen LogP contribution >= 0.6 is 0 Å². The number of benzene rings is 1. The minimum atomic E-state index is -3.19. The van der Waals surface area contributed by atoms with Crippen molar-refractivity contribution in [3.05, 3.63) is 35.6 Å². The summed E-state index contributed by atoms with van der Waals surface area (Å²) in [4.78, 5) is 11.2. The lowest BCUT2D eigenvalue weighted by atomic mass is 9.86. The molecule has 0 bridgehead atoms. The maximum absolute atomic E-state index is 13.1. The molecular formula is C13H15FO4S. The Balaban J connectivity index is 2.20. The van der Waals surface area contributed by atoms with Crippen LogP contribution in [0.4, 0.5) is 4.39 Å². The van der Waals surface area contributed by atoms with Crippen LogP contribution in [-0.2, 0) is 21.1 Å². The van der Waals surface area contributed by atoms with Gasteiger partial charge in [0.15, 0.2) is 9.84 Å². The summed E-state index contributed by atoms with van der Waals surface area (Å²) in [6.07, 6.45) is 0.408. The van der Waals surface area contributed by atoms with E-state index in [2.05, 4.69) is 0 Å². The van der Waals surface area contributed by atoms with Gasteiger partial charge in [0.25, 0.3) is 0 Å². The molecule has 104 valence electrons. The Morgan fingerprint density at radius 3 is 2.79 bits per heavy atom. The lowest BCUT2D eigenvalue weighted by Crippen LogP contribution is -2.38. The Kier molecular flexibility index (Phi) is 3.89. The van der Waals surface area contributed by atoms with Crippen molar-refractivity contribution in [2.75, 3.05) is 11.5 Å². The van der Waals surface area contributed by atoms with Gasteiger partial charge in [-0.05, 0) is 36.5 Å². The maximum Gasteiger partial charge on any atom is 0.306 e. The Hall–Kier alpha value is -1.43. The van der Waals surface area contributed by atoms with Gasteiger partial charge in [0.05, 0.1) is 17.4 Å². The molecule has 2 rings (SSSR count). The topological polar surface area (TPSA) is 71.4 Å². The molecule has 1 aliphatic rings. The summed E-state index contributed by atoms with van der Waals surface area (Å²) in [5, 5.41) is 9.14. The zero-order chi connectivity index (χ0) is 14.0. The van der Waals surface area contributed by atoms with Crippen LogP contribution in [0.2, 0.25) is 0 Å². The van der Waals surface area contributed by atoms with E-state index in [0.717, 1.165) is 0 Å². The second-order valence-electron chi connectivity index (χ2n) is 4.94. The summed E-state index contributed by atoms with van der Waals surface area (Å²) in [5.74, 6) is -2.76. The Morgan fingerprint density at radius 2 is 2.16 bits per heavy atom. The van der Waals surface area contributed by atoms with E-state index >= 15 is 0 Å². The fourth-order valence-corrected chi connectivity index (χ4v) is 4.34. The standard InChI is InChI=1S/C13H15FO4S/c14-11-3-1-2-9(7-11)6-10-8-19(17,18)5-4-12(10)13(15)16/h1-3,7,10,12H,4-6,8H2,(H,15,16). The van der Waals surface area contributed by atoms with E-state index in [1.807, 2.05) is 0 Å². The average Bonchev–Trinajstić information content (AvgIpc) is 2.27. The van der Waals surface area contributed by atoms with Gasteiger partial charge < -0.3 is 5.11 Å². The van der Waals surface area contributed by atoms with E-state index in [-0.39, 0.29) is 24.3 Å². The minimum Gasteiger partial charge on any atom is -0.481 e. The van der Waals surface area contributed by atoms with Crippen molar-refractivity contribution in [2.24, 2.45) is 11.8 Å². The first-order valence-corrected chi connectivity index (χ1v) is 7.87. The van der Waals surface area contributed by atoms with Gasteiger partial charge in [-0.1, -0.05) is 12.1 Å². The van der Waals surface area contributed by atoms with Crippen LogP contribution in [0.5, 0.6) is 0 Å². The van der Waals surface area contributed by atoms with Gasteiger partial charge in [0.2, 0.25) is 0 Å². The third kappa shape index (κ3) is 3.53. The summed E-state index contributed by atoms with van der Waals surface area (Å²) in [6, 6.07) is 5.84.